The Balaban J connectivity index is 1.76. The maximum absolute atomic E-state index is 11.5. The van der Waals surface area contributed by atoms with Crippen molar-refractivity contribution in [2.24, 2.45) is 5.73 Å². The molecule has 5 heteroatoms. The van der Waals surface area contributed by atoms with Gasteiger partial charge in [0.05, 0.1) is 18.1 Å². The molecule has 0 unspecified atom stereocenters. The van der Waals surface area contributed by atoms with Gasteiger partial charge in [0.25, 0.3) is 0 Å². The van der Waals surface area contributed by atoms with E-state index in [2.05, 4.69) is 5.32 Å². The van der Waals surface area contributed by atoms with Crippen molar-refractivity contribution in [1.82, 2.24) is 5.32 Å². The lowest BCUT2D eigenvalue weighted by atomic mass is 10.1. The normalized spacial score (nSPS) is 14.2. The van der Waals surface area contributed by atoms with Gasteiger partial charge in [0.15, 0.2) is 0 Å². The number of hydrogen-bond acceptors (Lipinski definition) is 3. The van der Waals surface area contributed by atoms with Crippen LogP contribution in [-0.4, -0.2) is 25.1 Å². The average molecular weight is 283 g/mol. The summed E-state index contributed by atoms with van der Waals surface area (Å²) in [5.41, 5.74) is 6.58. The molecule has 0 bridgehead atoms. The fourth-order valence-corrected chi connectivity index (χ4v) is 2.02. The van der Waals surface area contributed by atoms with Gasteiger partial charge in [-0.1, -0.05) is 17.7 Å². The fraction of sp³-hybridized carbons (Fsp3) is 0.500. The SMILES string of the molecule is NCCc1ccc(OCCC(=O)NC2CC2)c(Cl)c1. The molecule has 1 aliphatic carbocycles. The fourth-order valence-electron chi connectivity index (χ4n) is 1.76. The van der Waals surface area contributed by atoms with Crippen molar-refractivity contribution in [3.8, 4) is 5.75 Å². The first-order valence-electron chi connectivity index (χ1n) is 6.59. The van der Waals surface area contributed by atoms with Gasteiger partial charge in [0.2, 0.25) is 5.91 Å². The third-order valence-electron chi connectivity index (χ3n) is 2.96. The van der Waals surface area contributed by atoms with E-state index in [1.165, 1.54) is 0 Å². The Morgan fingerprint density at radius 1 is 1.47 bits per heavy atom. The highest BCUT2D eigenvalue weighted by molar-refractivity contribution is 6.32. The monoisotopic (exact) mass is 282 g/mol. The molecule has 0 spiro atoms. The van der Waals surface area contributed by atoms with Crippen LogP contribution in [-0.2, 0) is 11.2 Å². The van der Waals surface area contributed by atoms with Crippen LogP contribution < -0.4 is 15.8 Å². The van der Waals surface area contributed by atoms with Gasteiger partial charge in [-0.15, -0.1) is 0 Å². The summed E-state index contributed by atoms with van der Waals surface area (Å²) in [5, 5.41) is 3.48. The molecule has 1 amide bonds. The third-order valence-corrected chi connectivity index (χ3v) is 3.25. The van der Waals surface area contributed by atoms with Gasteiger partial charge >= 0.3 is 0 Å². The number of halogens is 1. The lowest BCUT2D eigenvalue weighted by Gasteiger charge is -2.09. The van der Waals surface area contributed by atoms with Crippen LogP contribution in [0.25, 0.3) is 0 Å². The topological polar surface area (TPSA) is 64.3 Å². The number of carbonyl (C=O) groups is 1. The van der Waals surface area contributed by atoms with Crippen LogP contribution >= 0.6 is 11.6 Å². The highest BCUT2D eigenvalue weighted by atomic mass is 35.5. The number of nitrogens with two attached hydrogens (primary N) is 1. The van der Waals surface area contributed by atoms with Gasteiger partial charge in [-0.05, 0) is 43.5 Å². The number of amides is 1. The molecule has 1 aliphatic rings. The summed E-state index contributed by atoms with van der Waals surface area (Å²) in [5.74, 6) is 0.653. The van der Waals surface area contributed by atoms with E-state index >= 15 is 0 Å². The van der Waals surface area contributed by atoms with Crippen LogP contribution in [0.1, 0.15) is 24.8 Å². The molecule has 2 rings (SSSR count). The molecule has 0 aliphatic heterocycles. The number of rotatable bonds is 7. The zero-order valence-electron chi connectivity index (χ0n) is 10.8. The van der Waals surface area contributed by atoms with Crippen LogP contribution in [0.15, 0.2) is 18.2 Å². The summed E-state index contributed by atoms with van der Waals surface area (Å²) in [6.07, 6.45) is 3.35. The van der Waals surface area contributed by atoms with Crippen molar-refractivity contribution in [2.75, 3.05) is 13.2 Å². The zero-order chi connectivity index (χ0) is 13.7. The molecule has 0 atom stereocenters. The molecule has 0 saturated heterocycles. The number of benzene rings is 1. The Kier molecular flexibility index (Phi) is 5.05. The number of nitrogens with one attached hydrogen (secondary N) is 1. The summed E-state index contributed by atoms with van der Waals surface area (Å²) in [6, 6.07) is 6.02. The van der Waals surface area contributed by atoms with Gasteiger partial charge in [0.1, 0.15) is 5.75 Å². The van der Waals surface area contributed by atoms with Crippen molar-refractivity contribution < 1.29 is 9.53 Å². The number of carbonyl (C=O) groups excluding carboxylic acids is 1. The van der Waals surface area contributed by atoms with Crippen molar-refractivity contribution in [3.63, 3.8) is 0 Å². The summed E-state index contributed by atoms with van der Waals surface area (Å²) >= 11 is 6.11. The lowest BCUT2D eigenvalue weighted by molar-refractivity contribution is -0.121. The van der Waals surface area contributed by atoms with Gasteiger partial charge in [0, 0.05) is 6.04 Å². The first kappa shape index (κ1) is 14.2. The van der Waals surface area contributed by atoms with Crippen LogP contribution in [0.3, 0.4) is 0 Å². The Morgan fingerprint density at radius 2 is 2.26 bits per heavy atom. The van der Waals surface area contributed by atoms with Gasteiger partial charge < -0.3 is 15.8 Å². The van der Waals surface area contributed by atoms with Crippen LogP contribution in [0.5, 0.6) is 5.75 Å². The number of hydrogen-bond donors (Lipinski definition) is 2. The first-order chi connectivity index (χ1) is 9.19. The van der Waals surface area contributed by atoms with Crippen molar-refractivity contribution in [2.45, 2.75) is 31.7 Å². The van der Waals surface area contributed by atoms with Crippen LogP contribution in [0.2, 0.25) is 5.02 Å². The molecular formula is C14H19ClN2O2. The van der Waals surface area contributed by atoms with Gasteiger partial charge in [-0.2, -0.15) is 0 Å². The van der Waals surface area contributed by atoms with E-state index in [0.717, 1.165) is 24.8 Å². The van der Waals surface area contributed by atoms with Crippen molar-refractivity contribution in [1.29, 1.82) is 0 Å². The maximum atomic E-state index is 11.5. The maximum Gasteiger partial charge on any atom is 0.223 e. The molecule has 1 fully saturated rings. The molecule has 1 aromatic rings. The summed E-state index contributed by atoms with van der Waals surface area (Å²) in [6.45, 7) is 0.937. The lowest BCUT2D eigenvalue weighted by Crippen LogP contribution is -2.26. The van der Waals surface area contributed by atoms with Gasteiger partial charge in [-0.25, -0.2) is 0 Å². The summed E-state index contributed by atoms with van der Waals surface area (Å²) < 4.78 is 5.52. The smallest absolute Gasteiger partial charge is 0.223 e. The van der Waals surface area contributed by atoms with E-state index in [9.17, 15) is 4.79 Å². The Bertz CT molecular complexity index is 447. The third kappa shape index (κ3) is 4.73. The van der Waals surface area contributed by atoms with E-state index in [1.54, 1.807) is 0 Å². The quantitative estimate of drug-likeness (QED) is 0.803. The highest BCUT2D eigenvalue weighted by Crippen LogP contribution is 2.25. The van der Waals surface area contributed by atoms with E-state index in [0.29, 0.717) is 36.4 Å². The predicted molar refractivity (Wildman–Crippen MR) is 75.5 cm³/mol. The molecule has 4 nitrogen and oxygen atoms in total. The number of ether oxygens (including phenoxy) is 1. The predicted octanol–water partition coefficient (Wildman–Crippen LogP) is 1.89. The zero-order valence-corrected chi connectivity index (χ0v) is 11.6. The largest absolute Gasteiger partial charge is 0.491 e. The molecular weight excluding hydrogens is 264 g/mol. The standard InChI is InChI=1S/C14H19ClN2O2/c15-12-9-10(5-7-16)1-4-13(12)19-8-6-14(18)17-11-2-3-11/h1,4,9,11H,2-3,5-8,16H2,(H,17,18). The van der Waals surface area contributed by atoms with E-state index in [-0.39, 0.29) is 5.91 Å². The Hall–Kier alpha value is -1.26. The second-order valence-electron chi connectivity index (χ2n) is 4.74. The first-order valence-corrected chi connectivity index (χ1v) is 6.97. The van der Waals surface area contributed by atoms with E-state index < -0.39 is 0 Å². The Morgan fingerprint density at radius 3 is 2.89 bits per heavy atom. The molecule has 0 radical (unpaired) electrons. The molecule has 1 saturated carbocycles. The molecule has 0 heterocycles. The minimum absolute atomic E-state index is 0.0402. The summed E-state index contributed by atoms with van der Waals surface area (Å²) in [4.78, 5) is 11.5. The van der Waals surface area contributed by atoms with E-state index in [4.69, 9.17) is 22.1 Å². The van der Waals surface area contributed by atoms with E-state index in [1.807, 2.05) is 18.2 Å². The molecule has 0 aromatic heterocycles. The molecule has 104 valence electrons. The molecule has 3 N–H and O–H groups in total. The highest BCUT2D eigenvalue weighted by Gasteiger charge is 2.22. The minimum atomic E-state index is 0.0402. The Labute approximate surface area is 118 Å². The second-order valence-corrected chi connectivity index (χ2v) is 5.15. The van der Waals surface area contributed by atoms with Crippen molar-refractivity contribution in [3.05, 3.63) is 28.8 Å². The second kappa shape index (κ2) is 6.78. The van der Waals surface area contributed by atoms with Crippen molar-refractivity contribution >= 4 is 17.5 Å². The van der Waals surface area contributed by atoms with Crippen LogP contribution in [0.4, 0.5) is 0 Å². The van der Waals surface area contributed by atoms with Gasteiger partial charge in [-0.3, -0.25) is 4.79 Å². The van der Waals surface area contributed by atoms with Crippen LogP contribution in [0, 0.1) is 0 Å². The molecule has 1 aromatic carbocycles. The minimum Gasteiger partial charge on any atom is -0.491 e. The average Bonchev–Trinajstić information content (AvgIpc) is 3.16. The summed E-state index contributed by atoms with van der Waals surface area (Å²) in [7, 11) is 0. The molecule has 19 heavy (non-hydrogen) atoms.